The van der Waals surface area contributed by atoms with Gasteiger partial charge in [-0.25, -0.2) is 4.39 Å². The van der Waals surface area contributed by atoms with Gasteiger partial charge < -0.3 is 5.73 Å². The summed E-state index contributed by atoms with van der Waals surface area (Å²) in [5, 5.41) is 0. The number of hydrogen-bond acceptors (Lipinski definition) is 1. The molecule has 0 aliphatic heterocycles. The maximum absolute atomic E-state index is 11.7. The zero-order valence-electron chi connectivity index (χ0n) is 3.52. The molecule has 1 nitrogen and oxygen atoms in total. The van der Waals surface area contributed by atoms with Crippen molar-refractivity contribution in [2.45, 2.75) is 12.6 Å². The molecule has 2 heteroatoms. The molecule has 1 aliphatic rings. The van der Waals surface area contributed by atoms with Crippen LogP contribution in [0.15, 0.2) is 0 Å². The fraction of sp³-hybridized carbons (Fsp3) is 1.00. The Bertz CT molecular complexity index is 53.5. The van der Waals surface area contributed by atoms with Crippen molar-refractivity contribution in [2.24, 2.45) is 11.7 Å². The molecule has 1 unspecified atom stereocenters. The van der Waals surface area contributed by atoms with E-state index in [9.17, 15) is 4.39 Å². The summed E-state index contributed by atoms with van der Waals surface area (Å²) in [6.07, 6.45) is 0.145. The second-order valence-corrected chi connectivity index (χ2v) is 1.75. The Morgan fingerprint density at radius 2 is 2.33 bits per heavy atom. The Hall–Kier alpha value is -0.110. The van der Waals surface area contributed by atoms with Gasteiger partial charge in [0, 0.05) is 5.92 Å². The number of hydrogen-bond donors (Lipinski definition) is 1. The Labute approximate surface area is 36.3 Å². The predicted molar refractivity (Wildman–Crippen MR) is 22.1 cm³/mol. The van der Waals surface area contributed by atoms with Crippen LogP contribution in [0.5, 0.6) is 0 Å². The van der Waals surface area contributed by atoms with Crippen molar-refractivity contribution in [1.29, 1.82) is 0 Å². The standard InChI is InChI=1S/C4H8FN/c5-4-1-3(4)2-6/h3-4H,1-2,6H2/t3?,4-/m1/s1. The zero-order valence-corrected chi connectivity index (χ0v) is 3.52. The molecule has 0 aromatic rings. The monoisotopic (exact) mass is 89.1 g/mol. The van der Waals surface area contributed by atoms with Crippen LogP contribution in [0.4, 0.5) is 4.39 Å². The van der Waals surface area contributed by atoms with Crippen molar-refractivity contribution < 1.29 is 4.39 Å². The van der Waals surface area contributed by atoms with E-state index in [4.69, 9.17) is 5.73 Å². The summed E-state index contributed by atoms with van der Waals surface area (Å²) < 4.78 is 11.7. The molecule has 0 amide bonds. The maximum atomic E-state index is 11.7. The van der Waals surface area contributed by atoms with Gasteiger partial charge in [0.25, 0.3) is 0 Å². The van der Waals surface area contributed by atoms with E-state index in [1.165, 1.54) is 0 Å². The van der Waals surface area contributed by atoms with Crippen LogP contribution < -0.4 is 5.73 Å². The number of halogens is 1. The van der Waals surface area contributed by atoms with Crippen molar-refractivity contribution in [3.05, 3.63) is 0 Å². The van der Waals surface area contributed by atoms with Gasteiger partial charge in [-0.2, -0.15) is 0 Å². The molecule has 0 spiro atoms. The van der Waals surface area contributed by atoms with E-state index >= 15 is 0 Å². The summed E-state index contributed by atoms with van der Waals surface area (Å²) in [4.78, 5) is 0. The molecule has 1 saturated carbocycles. The third kappa shape index (κ3) is 0.522. The molecule has 1 rings (SSSR count). The Morgan fingerprint density at radius 1 is 1.83 bits per heavy atom. The lowest BCUT2D eigenvalue weighted by Crippen LogP contribution is -2.01. The summed E-state index contributed by atoms with van der Waals surface area (Å²) in [5.41, 5.74) is 5.08. The quantitative estimate of drug-likeness (QED) is 0.491. The van der Waals surface area contributed by atoms with Crippen LogP contribution in [0.1, 0.15) is 6.42 Å². The van der Waals surface area contributed by atoms with E-state index < -0.39 is 6.17 Å². The second-order valence-electron chi connectivity index (χ2n) is 1.75. The van der Waals surface area contributed by atoms with Crippen LogP contribution >= 0.6 is 0 Å². The van der Waals surface area contributed by atoms with E-state index in [0.29, 0.717) is 13.0 Å². The fourth-order valence-electron chi connectivity index (χ4n) is 0.455. The minimum atomic E-state index is -0.560. The average molecular weight is 89.1 g/mol. The van der Waals surface area contributed by atoms with Gasteiger partial charge in [-0.1, -0.05) is 0 Å². The van der Waals surface area contributed by atoms with Crippen molar-refractivity contribution >= 4 is 0 Å². The highest BCUT2D eigenvalue weighted by Gasteiger charge is 2.35. The molecule has 0 heterocycles. The molecule has 0 radical (unpaired) electrons. The molecular weight excluding hydrogens is 81.0 g/mol. The lowest BCUT2D eigenvalue weighted by molar-refractivity contribution is 0.448. The maximum Gasteiger partial charge on any atom is 0.105 e. The minimum absolute atomic E-state index is 0.213. The van der Waals surface area contributed by atoms with Gasteiger partial charge in [0.05, 0.1) is 0 Å². The van der Waals surface area contributed by atoms with Crippen molar-refractivity contribution in [3.63, 3.8) is 0 Å². The van der Waals surface area contributed by atoms with Crippen LogP contribution in [0.2, 0.25) is 0 Å². The SMILES string of the molecule is NCC1C[C@H]1F. The molecule has 0 aromatic carbocycles. The first kappa shape index (κ1) is 4.06. The lowest BCUT2D eigenvalue weighted by atomic mass is 10.4. The highest BCUT2D eigenvalue weighted by Crippen LogP contribution is 2.31. The first-order valence-electron chi connectivity index (χ1n) is 2.18. The molecule has 6 heavy (non-hydrogen) atoms. The third-order valence-corrected chi connectivity index (χ3v) is 1.14. The predicted octanol–water partition coefficient (Wildman–Crippen LogP) is 0.303. The summed E-state index contributed by atoms with van der Waals surface area (Å²) in [7, 11) is 0. The van der Waals surface area contributed by atoms with Crippen LogP contribution in [0.3, 0.4) is 0 Å². The highest BCUT2D eigenvalue weighted by molar-refractivity contribution is 4.86. The van der Waals surface area contributed by atoms with Gasteiger partial charge in [-0.3, -0.25) is 0 Å². The van der Waals surface area contributed by atoms with Crippen LogP contribution in [0.25, 0.3) is 0 Å². The van der Waals surface area contributed by atoms with Gasteiger partial charge in [-0.15, -0.1) is 0 Å². The molecule has 0 saturated heterocycles. The zero-order chi connectivity index (χ0) is 4.57. The van der Waals surface area contributed by atoms with Gasteiger partial charge in [0.2, 0.25) is 0 Å². The minimum Gasteiger partial charge on any atom is -0.330 e. The lowest BCUT2D eigenvalue weighted by Gasteiger charge is -1.77. The van der Waals surface area contributed by atoms with Crippen molar-refractivity contribution in [3.8, 4) is 0 Å². The van der Waals surface area contributed by atoms with Crippen LogP contribution in [-0.4, -0.2) is 12.7 Å². The number of rotatable bonds is 1. The van der Waals surface area contributed by atoms with Gasteiger partial charge >= 0.3 is 0 Å². The number of nitrogens with two attached hydrogens (primary N) is 1. The molecule has 36 valence electrons. The third-order valence-electron chi connectivity index (χ3n) is 1.14. The molecule has 1 aliphatic carbocycles. The van der Waals surface area contributed by atoms with Gasteiger partial charge in [0.15, 0.2) is 0 Å². The number of alkyl halides is 1. The van der Waals surface area contributed by atoms with E-state index in [0.717, 1.165) is 0 Å². The summed E-state index contributed by atoms with van der Waals surface area (Å²) >= 11 is 0. The van der Waals surface area contributed by atoms with Gasteiger partial charge in [-0.05, 0) is 13.0 Å². The molecule has 2 N–H and O–H groups in total. The van der Waals surface area contributed by atoms with E-state index in [2.05, 4.69) is 0 Å². The fourth-order valence-corrected chi connectivity index (χ4v) is 0.455. The molecule has 0 aromatic heterocycles. The molecule has 2 atom stereocenters. The van der Waals surface area contributed by atoms with Crippen molar-refractivity contribution in [2.75, 3.05) is 6.54 Å². The Kier molecular flexibility index (Phi) is 0.804. The molecular formula is C4H8FN. The second kappa shape index (κ2) is 1.19. The first-order valence-corrected chi connectivity index (χ1v) is 2.18. The average Bonchev–Trinajstić information content (AvgIpc) is 2.19. The smallest absolute Gasteiger partial charge is 0.105 e. The molecule has 1 fully saturated rings. The van der Waals surface area contributed by atoms with Gasteiger partial charge in [0.1, 0.15) is 6.17 Å². The summed E-state index contributed by atoms with van der Waals surface area (Å²) in [5.74, 6) is 0.213. The Balaban J connectivity index is 2.09. The Morgan fingerprint density at radius 3 is 2.33 bits per heavy atom. The summed E-state index contributed by atoms with van der Waals surface area (Å²) in [6.45, 7) is 0.529. The van der Waals surface area contributed by atoms with E-state index in [1.807, 2.05) is 0 Å². The normalized spacial score (nSPS) is 43.0. The van der Waals surface area contributed by atoms with Crippen LogP contribution in [-0.2, 0) is 0 Å². The molecule has 0 bridgehead atoms. The first-order chi connectivity index (χ1) is 2.84. The summed E-state index contributed by atoms with van der Waals surface area (Å²) in [6, 6.07) is 0. The van der Waals surface area contributed by atoms with Crippen molar-refractivity contribution in [1.82, 2.24) is 0 Å². The topological polar surface area (TPSA) is 26.0 Å². The van der Waals surface area contributed by atoms with E-state index in [1.54, 1.807) is 0 Å². The van der Waals surface area contributed by atoms with E-state index in [-0.39, 0.29) is 5.92 Å². The largest absolute Gasteiger partial charge is 0.330 e. The van der Waals surface area contributed by atoms with Crippen LogP contribution in [0, 0.1) is 5.92 Å². The highest BCUT2D eigenvalue weighted by atomic mass is 19.1.